The highest BCUT2D eigenvalue weighted by atomic mass is 19.1. The van der Waals surface area contributed by atoms with E-state index in [1.54, 1.807) is 37.5 Å². The minimum Gasteiger partial charge on any atom is -0.461 e. The molecule has 0 aliphatic carbocycles. The van der Waals surface area contributed by atoms with Gasteiger partial charge in [-0.25, -0.2) is 9.37 Å². The van der Waals surface area contributed by atoms with E-state index in [1.165, 1.54) is 29.8 Å². The van der Waals surface area contributed by atoms with E-state index in [1.807, 2.05) is 45.0 Å². The van der Waals surface area contributed by atoms with Crippen LogP contribution < -0.4 is 11.1 Å². The van der Waals surface area contributed by atoms with Gasteiger partial charge >= 0.3 is 5.97 Å². The van der Waals surface area contributed by atoms with E-state index in [-0.39, 0.29) is 53.0 Å². The predicted octanol–water partition coefficient (Wildman–Crippen LogP) is 5.53. The van der Waals surface area contributed by atoms with Gasteiger partial charge in [-0.2, -0.15) is 9.78 Å². The van der Waals surface area contributed by atoms with E-state index >= 15 is 4.39 Å². The molecule has 47 heavy (non-hydrogen) atoms. The van der Waals surface area contributed by atoms with Crippen LogP contribution in [0.5, 0.6) is 0 Å². The number of rotatable bonds is 9. The molecule has 0 aliphatic heterocycles. The Morgan fingerprint density at radius 2 is 1.74 bits per heavy atom. The van der Waals surface area contributed by atoms with Crippen molar-refractivity contribution in [3.05, 3.63) is 134 Å². The van der Waals surface area contributed by atoms with Gasteiger partial charge in [-0.3, -0.25) is 19.2 Å². The molecule has 5 aromatic rings. The summed E-state index contributed by atoms with van der Waals surface area (Å²) >= 11 is 0. The number of halogens is 1. The third-order valence-corrected chi connectivity index (χ3v) is 7.89. The molecule has 5 rings (SSSR count). The number of fused-ring (bicyclic) bond motifs is 1. The van der Waals surface area contributed by atoms with Gasteiger partial charge < -0.3 is 9.30 Å². The molecule has 0 amide bonds. The summed E-state index contributed by atoms with van der Waals surface area (Å²) in [6.45, 7) is 10.4. The Hall–Kier alpha value is -5.51. The Balaban J connectivity index is 1.65. The second-order valence-corrected chi connectivity index (χ2v) is 12.5. The Morgan fingerprint density at radius 1 is 1.02 bits per heavy atom. The van der Waals surface area contributed by atoms with Crippen LogP contribution in [0.25, 0.3) is 27.7 Å². The number of esters is 1. The molecule has 0 bridgehead atoms. The van der Waals surface area contributed by atoms with Crippen LogP contribution in [0.4, 0.5) is 4.39 Å². The molecule has 3 aromatic carbocycles. The summed E-state index contributed by atoms with van der Waals surface area (Å²) in [5.41, 5.74) is 2.77. The van der Waals surface area contributed by atoms with Crippen LogP contribution in [0.3, 0.4) is 0 Å². The van der Waals surface area contributed by atoms with Crippen LogP contribution in [-0.2, 0) is 46.2 Å². The number of ketones is 1. The number of carbonyl (C=O) groups is 2. The first-order chi connectivity index (χ1) is 22.3. The highest BCUT2D eigenvalue weighted by molar-refractivity contribution is 5.90. The summed E-state index contributed by atoms with van der Waals surface area (Å²) in [7, 11) is 1.61. The van der Waals surface area contributed by atoms with Gasteiger partial charge in [0.05, 0.1) is 23.0 Å². The lowest BCUT2D eigenvalue weighted by Gasteiger charge is -2.20. The van der Waals surface area contributed by atoms with Crippen LogP contribution in [0.15, 0.2) is 89.2 Å². The number of ether oxygens (including phenoxy) is 1. The Kier molecular flexibility index (Phi) is 9.15. The number of aryl methyl sites for hydroxylation is 1. The maximum atomic E-state index is 15.5. The third kappa shape index (κ3) is 7.01. The van der Waals surface area contributed by atoms with Crippen LogP contribution >= 0.6 is 0 Å². The van der Waals surface area contributed by atoms with Gasteiger partial charge in [-0.15, -0.1) is 0 Å². The predicted molar refractivity (Wildman–Crippen MR) is 178 cm³/mol. The van der Waals surface area contributed by atoms with Crippen molar-refractivity contribution < 1.29 is 18.7 Å². The summed E-state index contributed by atoms with van der Waals surface area (Å²) in [6.07, 6.45) is 4.66. The molecule has 240 valence electrons. The van der Waals surface area contributed by atoms with Crippen molar-refractivity contribution in [3.63, 3.8) is 0 Å². The SMILES string of the molecule is C=CC(=O)Cc1cccc(Cc2nc(-c3cccc(-n4ncc5cc(C(C)(C)C)cc(F)c5c4=O)c3COC(C)=O)cn(C)c2=O)c1. The van der Waals surface area contributed by atoms with E-state index in [0.29, 0.717) is 22.2 Å². The molecule has 0 saturated carbocycles. The second-order valence-electron chi connectivity index (χ2n) is 12.5. The molecular weight excluding hydrogens is 599 g/mol. The first-order valence-corrected chi connectivity index (χ1v) is 15.0. The number of aromatic nitrogens is 4. The highest BCUT2D eigenvalue weighted by Crippen LogP contribution is 2.30. The number of benzene rings is 3. The normalized spacial score (nSPS) is 11.4. The fourth-order valence-electron chi connectivity index (χ4n) is 5.41. The third-order valence-electron chi connectivity index (χ3n) is 7.89. The number of carbonyl (C=O) groups excluding carboxylic acids is 2. The fourth-order valence-corrected chi connectivity index (χ4v) is 5.41. The van der Waals surface area contributed by atoms with Crippen molar-refractivity contribution in [1.82, 2.24) is 19.3 Å². The van der Waals surface area contributed by atoms with Crippen LogP contribution in [0.1, 0.15) is 55.6 Å². The number of hydrogen-bond acceptors (Lipinski definition) is 7. The average Bonchev–Trinajstić information content (AvgIpc) is 3.01. The molecule has 10 heteroatoms. The number of allylic oxidation sites excluding steroid dienone is 1. The van der Waals surface area contributed by atoms with Gasteiger partial charge in [0.25, 0.3) is 11.1 Å². The Bertz CT molecular complexity index is 2180. The van der Waals surface area contributed by atoms with E-state index in [4.69, 9.17) is 9.72 Å². The second kappa shape index (κ2) is 13.1. The fraction of sp³-hybridized carbons (Fsp3) is 0.243. The van der Waals surface area contributed by atoms with E-state index in [0.717, 1.165) is 21.4 Å². The minimum absolute atomic E-state index is 0.114. The standard InChI is InChI=1S/C37H35FN4O5/c1-7-27(44)15-23-10-8-11-24(14-23)16-31-35(45)41(6)20-32(40-31)28-12-9-13-33(29(28)21-47-22(2)43)42-36(46)34-25(19-39-42)17-26(18-30(34)38)37(3,4)5/h7-14,17-20H,1,15-16,21H2,2-6H3. The number of hydrogen-bond donors (Lipinski definition) is 0. The molecule has 2 aromatic heterocycles. The van der Waals surface area contributed by atoms with Crippen molar-refractivity contribution in [2.24, 2.45) is 7.05 Å². The van der Waals surface area contributed by atoms with Crippen molar-refractivity contribution in [3.8, 4) is 16.9 Å². The quantitative estimate of drug-likeness (QED) is 0.155. The zero-order valence-electron chi connectivity index (χ0n) is 27.0. The molecule has 0 spiro atoms. The zero-order valence-corrected chi connectivity index (χ0v) is 27.0. The molecule has 2 heterocycles. The van der Waals surface area contributed by atoms with E-state index < -0.39 is 17.3 Å². The lowest BCUT2D eigenvalue weighted by Crippen LogP contribution is -2.25. The van der Waals surface area contributed by atoms with Crippen molar-refractivity contribution in [2.75, 3.05) is 0 Å². The largest absolute Gasteiger partial charge is 0.461 e. The van der Waals surface area contributed by atoms with E-state index in [9.17, 15) is 19.2 Å². The molecular formula is C37H35FN4O5. The van der Waals surface area contributed by atoms with Gasteiger partial charge in [-0.05, 0) is 46.4 Å². The van der Waals surface area contributed by atoms with Gasteiger partial charge in [0.1, 0.15) is 18.1 Å². The Labute approximate surface area is 271 Å². The lowest BCUT2D eigenvalue weighted by molar-refractivity contribution is -0.142. The molecule has 0 N–H and O–H groups in total. The smallest absolute Gasteiger partial charge is 0.302 e. The lowest BCUT2D eigenvalue weighted by atomic mass is 9.86. The number of nitrogens with zero attached hydrogens (tertiary/aromatic N) is 4. The van der Waals surface area contributed by atoms with Gasteiger partial charge in [0.15, 0.2) is 5.78 Å². The molecule has 0 saturated heterocycles. The van der Waals surface area contributed by atoms with Gasteiger partial charge in [0, 0.05) is 49.5 Å². The zero-order chi connectivity index (χ0) is 34.0. The van der Waals surface area contributed by atoms with Crippen molar-refractivity contribution in [1.29, 1.82) is 0 Å². The van der Waals surface area contributed by atoms with Crippen LogP contribution in [0.2, 0.25) is 0 Å². The van der Waals surface area contributed by atoms with E-state index in [2.05, 4.69) is 11.7 Å². The topological polar surface area (TPSA) is 113 Å². The molecule has 0 radical (unpaired) electrons. The van der Waals surface area contributed by atoms with Crippen LogP contribution in [-0.4, -0.2) is 31.1 Å². The summed E-state index contributed by atoms with van der Waals surface area (Å²) in [5, 5.41) is 4.65. The summed E-state index contributed by atoms with van der Waals surface area (Å²) < 4.78 is 23.4. The molecule has 0 unspecified atom stereocenters. The summed E-state index contributed by atoms with van der Waals surface area (Å²) in [5.74, 6) is -1.32. The molecule has 0 aliphatic rings. The molecule has 0 atom stereocenters. The van der Waals surface area contributed by atoms with Crippen LogP contribution in [0, 0.1) is 5.82 Å². The van der Waals surface area contributed by atoms with Crippen molar-refractivity contribution >= 4 is 22.5 Å². The summed E-state index contributed by atoms with van der Waals surface area (Å²) in [4.78, 5) is 55.6. The molecule has 9 nitrogen and oxygen atoms in total. The monoisotopic (exact) mass is 634 g/mol. The minimum atomic E-state index is -0.675. The highest BCUT2D eigenvalue weighted by Gasteiger charge is 2.22. The first-order valence-electron chi connectivity index (χ1n) is 15.0. The Morgan fingerprint density at radius 3 is 2.45 bits per heavy atom. The van der Waals surface area contributed by atoms with Gasteiger partial charge in [-0.1, -0.05) is 63.7 Å². The molecule has 0 fully saturated rings. The maximum absolute atomic E-state index is 15.5. The van der Waals surface area contributed by atoms with Gasteiger partial charge in [0.2, 0.25) is 0 Å². The maximum Gasteiger partial charge on any atom is 0.302 e. The first kappa shape index (κ1) is 32.9. The average molecular weight is 635 g/mol. The van der Waals surface area contributed by atoms with Crippen molar-refractivity contribution in [2.45, 2.75) is 52.6 Å². The summed E-state index contributed by atoms with van der Waals surface area (Å²) in [6, 6.07) is 15.5.